The van der Waals surface area contributed by atoms with E-state index in [1.54, 1.807) is 12.1 Å². The molecule has 9 heteroatoms. The molecule has 0 spiro atoms. The van der Waals surface area contributed by atoms with E-state index in [0.717, 1.165) is 36.1 Å². The average molecular weight is 440 g/mol. The van der Waals surface area contributed by atoms with Crippen LogP contribution in [0.5, 0.6) is 5.75 Å². The molecule has 2 N–H and O–H groups in total. The summed E-state index contributed by atoms with van der Waals surface area (Å²) < 4.78 is 6.75. The Hall–Kier alpha value is -3.20. The normalized spacial score (nSPS) is 20.8. The minimum absolute atomic E-state index is 0.0604. The number of rotatable bonds is 7. The minimum atomic E-state index is -1.04. The number of carboxylic acid groups (broad SMARTS) is 1. The van der Waals surface area contributed by atoms with Gasteiger partial charge in [-0.15, -0.1) is 0 Å². The van der Waals surface area contributed by atoms with Crippen LogP contribution in [0, 0.1) is 5.92 Å². The zero-order valence-electron chi connectivity index (χ0n) is 18.5. The van der Waals surface area contributed by atoms with Crippen LogP contribution in [0.25, 0.3) is 0 Å². The predicted octanol–water partition coefficient (Wildman–Crippen LogP) is 2.01. The van der Waals surface area contributed by atoms with Crippen molar-refractivity contribution in [1.29, 1.82) is 0 Å². The van der Waals surface area contributed by atoms with Gasteiger partial charge < -0.3 is 9.84 Å². The second-order valence-corrected chi connectivity index (χ2v) is 8.52. The second-order valence-electron chi connectivity index (χ2n) is 8.52. The van der Waals surface area contributed by atoms with Gasteiger partial charge in [0.2, 0.25) is 0 Å². The van der Waals surface area contributed by atoms with E-state index in [4.69, 9.17) is 4.74 Å². The molecule has 9 nitrogen and oxygen atoms in total. The molecule has 0 bridgehead atoms. The molecule has 32 heavy (non-hydrogen) atoms. The van der Waals surface area contributed by atoms with Gasteiger partial charge in [0.15, 0.2) is 5.71 Å². The number of hydrogen-bond donors (Lipinski definition) is 2. The van der Waals surface area contributed by atoms with Gasteiger partial charge in [0, 0.05) is 12.1 Å². The van der Waals surface area contributed by atoms with Crippen LogP contribution in [0.2, 0.25) is 0 Å². The fourth-order valence-corrected chi connectivity index (χ4v) is 4.52. The monoisotopic (exact) mass is 439 g/mol. The van der Waals surface area contributed by atoms with Crippen LogP contribution in [-0.2, 0) is 17.9 Å². The Morgan fingerprint density at radius 1 is 1.25 bits per heavy atom. The van der Waals surface area contributed by atoms with Crippen molar-refractivity contribution in [3.05, 3.63) is 57.5 Å². The van der Waals surface area contributed by atoms with Gasteiger partial charge in [0.1, 0.15) is 5.75 Å². The molecule has 1 aliphatic heterocycles. The SMILES string of the molecule is COc1ccc(Cn2nc(CN3CNCC(C(=O)O)=N3)cc(C3CCCC3C)c2=O)cc1. The molecule has 1 fully saturated rings. The molecule has 2 aliphatic rings. The van der Waals surface area contributed by atoms with Crippen molar-refractivity contribution in [2.75, 3.05) is 20.3 Å². The number of ether oxygens (including phenoxy) is 1. The molecule has 0 saturated heterocycles. The van der Waals surface area contributed by atoms with Crippen molar-refractivity contribution < 1.29 is 14.6 Å². The van der Waals surface area contributed by atoms with Gasteiger partial charge in [0.25, 0.3) is 5.56 Å². The summed E-state index contributed by atoms with van der Waals surface area (Å²) >= 11 is 0. The quantitative estimate of drug-likeness (QED) is 0.679. The molecule has 2 atom stereocenters. The number of hydrogen-bond acceptors (Lipinski definition) is 7. The van der Waals surface area contributed by atoms with Crippen molar-refractivity contribution in [2.24, 2.45) is 11.0 Å². The number of benzene rings is 1. The first-order chi connectivity index (χ1) is 15.4. The Morgan fingerprint density at radius 3 is 2.69 bits per heavy atom. The Bertz CT molecular complexity index is 1060. The van der Waals surface area contributed by atoms with Crippen molar-refractivity contribution in [1.82, 2.24) is 20.1 Å². The third-order valence-corrected chi connectivity index (χ3v) is 6.25. The highest BCUT2D eigenvalue weighted by Gasteiger charge is 2.29. The number of nitrogens with one attached hydrogen (secondary N) is 1. The topological polar surface area (TPSA) is 109 Å². The maximum Gasteiger partial charge on any atom is 0.353 e. The summed E-state index contributed by atoms with van der Waals surface area (Å²) in [7, 11) is 1.62. The van der Waals surface area contributed by atoms with Crippen LogP contribution in [-0.4, -0.2) is 51.9 Å². The molecule has 0 radical (unpaired) electrons. The minimum Gasteiger partial charge on any atom is -0.497 e. The highest BCUT2D eigenvalue weighted by atomic mass is 16.5. The van der Waals surface area contributed by atoms with Crippen LogP contribution in [0.1, 0.15) is 48.9 Å². The third kappa shape index (κ3) is 4.83. The van der Waals surface area contributed by atoms with E-state index in [1.165, 1.54) is 4.68 Å². The lowest BCUT2D eigenvalue weighted by atomic mass is 9.91. The van der Waals surface area contributed by atoms with Crippen molar-refractivity contribution in [3.63, 3.8) is 0 Å². The third-order valence-electron chi connectivity index (χ3n) is 6.25. The first-order valence-electron chi connectivity index (χ1n) is 10.9. The Morgan fingerprint density at radius 2 is 2.03 bits per heavy atom. The lowest BCUT2D eigenvalue weighted by Crippen LogP contribution is -2.43. The fourth-order valence-electron chi connectivity index (χ4n) is 4.52. The number of nitrogens with zero attached hydrogens (tertiary/aromatic N) is 4. The molecule has 1 aliphatic carbocycles. The van der Waals surface area contributed by atoms with Crippen LogP contribution in [0.3, 0.4) is 0 Å². The maximum atomic E-state index is 13.4. The van der Waals surface area contributed by atoms with E-state index < -0.39 is 5.97 Å². The zero-order chi connectivity index (χ0) is 22.7. The highest BCUT2D eigenvalue weighted by molar-refractivity contribution is 6.36. The van der Waals surface area contributed by atoms with Gasteiger partial charge in [-0.1, -0.05) is 31.9 Å². The molecule has 4 rings (SSSR count). The number of carboxylic acids is 1. The number of carbonyl (C=O) groups is 1. The molecule has 1 aromatic heterocycles. The summed E-state index contributed by atoms with van der Waals surface area (Å²) in [4.78, 5) is 24.7. The molecular weight excluding hydrogens is 410 g/mol. The molecule has 170 valence electrons. The van der Waals surface area contributed by atoms with E-state index >= 15 is 0 Å². The van der Waals surface area contributed by atoms with Crippen LogP contribution in [0.15, 0.2) is 40.2 Å². The van der Waals surface area contributed by atoms with E-state index in [9.17, 15) is 14.7 Å². The molecule has 0 amide bonds. The van der Waals surface area contributed by atoms with Crippen LogP contribution < -0.4 is 15.6 Å². The molecular formula is C23H29N5O4. The number of aromatic nitrogens is 2. The fraction of sp³-hybridized carbons (Fsp3) is 0.478. The van der Waals surface area contributed by atoms with Crippen molar-refractivity contribution >= 4 is 11.7 Å². The molecule has 2 unspecified atom stereocenters. The largest absolute Gasteiger partial charge is 0.497 e. The Kier molecular flexibility index (Phi) is 6.55. The van der Waals surface area contributed by atoms with E-state index in [2.05, 4.69) is 22.4 Å². The lowest BCUT2D eigenvalue weighted by molar-refractivity contribution is -0.129. The molecule has 2 aromatic rings. The summed E-state index contributed by atoms with van der Waals surface area (Å²) in [5, 5.41) is 22.8. The zero-order valence-corrected chi connectivity index (χ0v) is 18.5. The maximum absolute atomic E-state index is 13.4. The predicted molar refractivity (Wildman–Crippen MR) is 120 cm³/mol. The van der Waals surface area contributed by atoms with Crippen molar-refractivity contribution in [2.45, 2.75) is 45.2 Å². The number of hydrazone groups is 1. The van der Waals surface area contributed by atoms with Gasteiger partial charge in [0.05, 0.1) is 32.6 Å². The highest BCUT2D eigenvalue weighted by Crippen LogP contribution is 2.38. The van der Waals surface area contributed by atoms with Gasteiger partial charge >= 0.3 is 5.97 Å². The number of aliphatic carboxylic acids is 1. The van der Waals surface area contributed by atoms with Gasteiger partial charge in [-0.2, -0.15) is 10.2 Å². The smallest absolute Gasteiger partial charge is 0.353 e. The Balaban J connectivity index is 1.67. The molecule has 1 aromatic carbocycles. The van der Waals surface area contributed by atoms with Crippen LogP contribution in [0.4, 0.5) is 0 Å². The van der Waals surface area contributed by atoms with Gasteiger partial charge in [-0.05, 0) is 42.0 Å². The first-order valence-corrected chi connectivity index (χ1v) is 10.9. The van der Waals surface area contributed by atoms with E-state index in [1.807, 2.05) is 30.3 Å². The lowest BCUT2D eigenvalue weighted by Gasteiger charge is -2.25. The standard InChI is InChI=1S/C23H29N5O4/c1-15-4-3-5-19(15)20-10-17(13-27-14-24-11-21(26-27)23(30)31)25-28(22(20)29)12-16-6-8-18(32-2)9-7-16/h6-10,15,19,24H,3-5,11-14H2,1-2H3,(H,30,31). The summed E-state index contributed by atoms with van der Waals surface area (Å²) in [6.07, 6.45) is 3.22. The second kappa shape index (κ2) is 9.52. The van der Waals surface area contributed by atoms with E-state index in [-0.39, 0.29) is 23.7 Å². The average Bonchev–Trinajstić information content (AvgIpc) is 3.22. The number of methoxy groups -OCH3 is 1. The summed E-state index contributed by atoms with van der Waals surface area (Å²) in [5.41, 5.74) is 2.45. The summed E-state index contributed by atoms with van der Waals surface area (Å²) in [6.45, 7) is 3.52. The molecule has 2 heterocycles. The first kappa shape index (κ1) is 22.0. The Labute approximate surface area is 186 Å². The summed E-state index contributed by atoms with van der Waals surface area (Å²) in [5.74, 6) is 0.373. The summed E-state index contributed by atoms with van der Waals surface area (Å²) in [6, 6.07) is 9.48. The van der Waals surface area contributed by atoms with Gasteiger partial charge in [-0.3, -0.25) is 15.1 Å². The van der Waals surface area contributed by atoms with Crippen LogP contribution >= 0.6 is 0 Å². The van der Waals surface area contributed by atoms with Crippen molar-refractivity contribution in [3.8, 4) is 5.75 Å². The van der Waals surface area contributed by atoms with Gasteiger partial charge in [-0.25, -0.2) is 9.48 Å². The molecule has 1 saturated carbocycles. The van der Waals surface area contributed by atoms with E-state index in [0.29, 0.717) is 31.4 Å².